The monoisotopic (exact) mass is 1050 g/mol. The Kier molecular flexibility index (Phi) is 18.1. The lowest BCUT2D eigenvalue weighted by Gasteiger charge is -2.19. The summed E-state index contributed by atoms with van der Waals surface area (Å²) in [5, 5.41) is 27.2. The Hall–Kier alpha value is -5.16. The average Bonchev–Trinajstić information content (AvgIpc) is 3.25. The summed E-state index contributed by atoms with van der Waals surface area (Å²) < 4.78 is 0. The predicted molar refractivity (Wildman–Crippen MR) is 262 cm³/mol. The third-order valence-corrected chi connectivity index (χ3v) is 12.2. The highest BCUT2D eigenvalue weighted by molar-refractivity contribution is 6.46. The maximum absolute atomic E-state index is 13.7. The van der Waals surface area contributed by atoms with Gasteiger partial charge in [-0.1, -0.05) is 119 Å². The molecule has 0 aliphatic rings. The maximum Gasteiger partial charge on any atom is 0.258 e. The standard InChI is InChI=1S/C44H34Cl8N8O6/c1-5-21-13-25(53-43(65)38(19(3)61)59-57-30-11-7-9-26(34(30)49)41(63)54-32-17-23(45)15-28(47)36(32)51)14-22(6-2)40(21)56-44(66)39(20(4)62)60-58-31-12-8-10-27(35(31)50)42(64)55-33-18-24(46)16-29(48)37(33)52/h7-18,38-39H,5-6H2,1-4H3,(H,53,65)(H,54,63)(H,55,64)(H,56,66). The number of nitrogens with zero attached hydrogens (tertiary/aromatic N) is 4. The van der Waals surface area contributed by atoms with Crippen molar-refractivity contribution in [2.24, 2.45) is 20.5 Å². The molecule has 4 N–H and O–H groups in total. The number of rotatable bonds is 16. The Bertz CT molecular complexity index is 2830. The molecule has 2 unspecified atom stereocenters. The Balaban J connectivity index is 1.32. The summed E-state index contributed by atoms with van der Waals surface area (Å²) in [6.45, 7) is 5.93. The first-order chi connectivity index (χ1) is 31.2. The summed E-state index contributed by atoms with van der Waals surface area (Å²) >= 11 is 49.8. The van der Waals surface area contributed by atoms with Crippen LogP contribution in [0.1, 0.15) is 59.5 Å². The zero-order valence-corrected chi connectivity index (χ0v) is 40.8. The van der Waals surface area contributed by atoms with Crippen molar-refractivity contribution in [1.82, 2.24) is 0 Å². The van der Waals surface area contributed by atoms with Crippen molar-refractivity contribution in [2.75, 3.05) is 21.3 Å². The lowest BCUT2D eigenvalue weighted by Crippen LogP contribution is -2.33. The van der Waals surface area contributed by atoms with E-state index in [0.29, 0.717) is 29.7 Å². The number of hydrogen-bond acceptors (Lipinski definition) is 10. The van der Waals surface area contributed by atoms with Gasteiger partial charge in [0.05, 0.1) is 52.6 Å². The number of carbonyl (C=O) groups is 6. The molecule has 66 heavy (non-hydrogen) atoms. The minimum absolute atomic E-state index is 0.0172. The van der Waals surface area contributed by atoms with Gasteiger partial charge in [0, 0.05) is 21.4 Å². The molecule has 0 heterocycles. The van der Waals surface area contributed by atoms with E-state index in [1.807, 2.05) is 13.8 Å². The number of nitrogens with one attached hydrogen (secondary N) is 4. The largest absolute Gasteiger partial charge is 0.324 e. The highest BCUT2D eigenvalue weighted by Gasteiger charge is 2.28. The van der Waals surface area contributed by atoms with Gasteiger partial charge in [-0.25, -0.2) is 0 Å². The van der Waals surface area contributed by atoms with Crippen LogP contribution in [0.4, 0.5) is 34.1 Å². The van der Waals surface area contributed by atoms with Crippen molar-refractivity contribution < 1.29 is 28.8 Å². The number of Topliss-reactive ketones (excluding diaryl/α,β-unsaturated/α-hetero) is 2. The van der Waals surface area contributed by atoms with Crippen LogP contribution in [0.3, 0.4) is 0 Å². The van der Waals surface area contributed by atoms with Crippen LogP contribution in [0.25, 0.3) is 0 Å². The molecule has 5 aromatic carbocycles. The summed E-state index contributed by atoms with van der Waals surface area (Å²) in [7, 11) is 0. The molecule has 0 spiro atoms. The van der Waals surface area contributed by atoms with Crippen LogP contribution in [0.5, 0.6) is 0 Å². The number of halogens is 8. The van der Waals surface area contributed by atoms with Gasteiger partial charge in [0.25, 0.3) is 23.6 Å². The van der Waals surface area contributed by atoms with Gasteiger partial charge in [-0.3, -0.25) is 28.8 Å². The van der Waals surface area contributed by atoms with Gasteiger partial charge in [-0.2, -0.15) is 20.5 Å². The Labute approximate surface area is 417 Å². The van der Waals surface area contributed by atoms with Crippen molar-refractivity contribution in [1.29, 1.82) is 0 Å². The van der Waals surface area contributed by atoms with Crippen LogP contribution in [-0.2, 0) is 32.0 Å². The van der Waals surface area contributed by atoms with Crippen molar-refractivity contribution in [3.05, 3.63) is 135 Å². The molecular weight excluding hydrogens is 1020 g/mol. The van der Waals surface area contributed by atoms with E-state index >= 15 is 0 Å². The molecule has 5 rings (SSSR count). The second-order valence-electron chi connectivity index (χ2n) is 14.0. The summed E-state index contributed by atoms with van der Waals surface area (Å²) in [6, 6.07) is 14.2. The van der Waals surface area contributed by atoms with Crippen molar-refractivity contribution in [2.45, 2.75) is 52.6 Å². The molecule has 22 heteroatoms. The van der Waals surface area contributed by atoms with E-state index in [1.54, 1.807) is 12.1 Å². The second kappa shape index (κ2) is 23.0. The number of carbonyl (C=O) groups excluding carboxylic acids is 6. The van der Waals surface area contributed by atoms with Gasteiger partial charge in [-0.05, 0) is 98.5 Å². The van der Waals surface area contributed by atoms with Crippen LogP contribution >= 0.6 is 92.8 Å². The molecule has 5 aromatic rings. The van der Waals surface area contributed by atoms with Gasteiger partial charge in [-0.15, -0.1) is 0 Å². The molecule has 0 aliphatic carbocycles. The molecular formula is C44H34Cl8N8O6. The highest BCUT2D eigenvalue weighted by Crippen LogP contribution is 2.37. The average molecular weight is 1050 g/mol. The van der Waals surface area contributed by atoms with E-state index < -0.39 is 47.3 Å². The number of benzene rings is 5. The number of ketones is 2. The lowest BCUT2D eigenvalue weighted by atomic mass is 10.0. The summed E-state index contributed by atoms with van der Waals surface area (Å²) in [5.41, 5.74) is 1.93. The Morgan fingerprint density at radius 1 is 0.515 bits per heavy atom. The number of azo groups is 2. The Morgan fingerprint density at radius 3 is 1.29 bits per heavy atom. The van der Waals surface area contributed by atoms with Gasteiger partial charge >= 0.3 is 0 Å². The number of hydrogen-bond donors (Lipinski definition) is 4. The zero-order valence-electron chi connectivity index (χ0n) is 34.8. The van der Waals surface area contributed by atoms with E-state index in [0.717, 1.165) is 13.8 Å². The van der Waals surface area contributed by atoms with Gasteiger partial charge < -0.3 is 21.3 Å². The maximum atomic E-state index is 13.7. The van der Waals surface area contributed by atoms with Crippen molar-refractivity contribution in [3.8, 4) is 0 Å². The number of aryl methyl sites for hydroxylation is 2. The van der Waals surface area contributed by atoms with E-state index in [9.17, 15) is 28.8 Å². The van der Waals surface area contributed by atoms with E-state index in [1.165, 1.54) is 60.7 Å². The first-order valence-electron chi connectivity index (χ1n) is 19.3. The van der Waals surface area contributed by atoms with Crippen LogP contribution in [0.2, 0.25) is 40.2 Å². The van der Waals surface area contributed by atoms with Crippen LogP contribution in [-0.4, -0.2) is 47.3 Å². The third kappa shape index (κ3) is 12.6. The molecule has 0 saturated heterocycles. The predicted octanol–water partition coefficient (Wildman–Crippen LogP) is 13.9. The lowest BCUT2D eigenvalue weighted by molar-refractivity contribution is -0.127. The quantitative estimate of drug-likeness (QED) is 0.0430. The molecule has 0 saturated carbocycles. The van der Waals surface area contributed by atoms with Crippen molar-refractivity contribution in [3.63, 3.8) is 0 Å². The second-order valence-corrected chi connectivity index (χ2v) is 17.2. The number of amides is 4. The minimum atomic E-state index is -1.63. The van der Waals surface area contributed by atoms with E-state index in [-0.39, 0.29) is 79.7 Å². The normalized spacial score (nSPS) is 12.2. The van der Waals surface area contributed by atoms with E-state index in [4.69, 9.17) is 92.8 Å². The molecule has 0 radical (unpaired) electrons. The number of anilines is 4. The highest BCUT2D eigenvalue weighted by atomic mass is 35.5. The van der Waals surface area contributed by atoms with Crippen molar-refractivity contribution >= 4 is 162 Å². The molecule has 0 bridgehead atoms. The molecule has 342 valence electrons. The fourth-order valence-electron chi connectivity index (χ4n) is 6.05. The van der Waals surface area contributed by atoms with E-state index in [2.05, 4.69) is 41.7 Å². The van der Waals surface area contributed by atoms with Gasteiger partial charge in [0.1, 0.15) is 11.4 Å². The first-order valence-corrected chi connectivity index (χ1v) is 22.4. The fourth-order valence-corrected chi connectivity index (χ4v) is 7.85. The fraction of sp³-hybridized carbons (Fsp3) is 0.182. The molecule has 2 atom stereocenters. The summed E-state index contributed by atoms with van der Waals surface area (Å²) in [4.78, 5) is 79.1. The molecule has 0 aromatic heterocycles. The summed E-state index contributed by atoms with van der Waals surface area (Å²) in [5.74, 6) is -4.32. The first kappa shape index (κ1) is 51.8. The zero-order chi connectivity index (χ0) is 48.6. The van der Waals surface area contributed by atoms with Gasteiger partial charge in [0.15, 0.2) is 11.6 Å². The van der Waals surface area contributed by atoms with Crippen LogP contribution < -0.4 is 21.3 Å². The third-order valence-electron chi connectivity index (χ3n) is 9.34. The molecule has 0 aliphatic heterocycles. The van der Waals surface area contributed by atoms with Gasteiger partial charge in [0.2, 0.25) is 12.1 Å². The minimum Gasteiger partial charge on any atom is -0.324 e. The van der Waals surface area contributed by atoms with Crippen LogP contribution in [0, 0.1) is 0 Å². The Morgan fingerprint density at radius 2 is 0.909 bits per heavy atom. The molecule has 0 fully saturated rings. The smallest absolute Gasteiger partial charge is 0.258 e. The molecule has 4 amide bonds. The summed E-state index contributed by atoms with van der Waals surface area (Å²) in [6.07, 6.45) is 0.703. The SMILES string of the molecule is CCc1cc(NC(=O)C(N=Nc2cccc(C(=O)Nc3cc(Cl)cc(Cl)c3Cl)c2Cl)C(C)=O)cc(CC)c1NC(=O)C(N=Nc1cccc(C(=O)Nc2cc(Cl)cc(Cl)c2Cl)c1Cl)C(C)=O. The topological polar surface area (TPSA) is 200 Å². The van der Waals surface area contributed by atoms with Crippen LogP contribution in [0.15, 0.2) is 93.3 Å². The molecule has 14 nitrogen and oxygen atoms in total.